The Bertz CT molecular complexity index is 417. The van der Waals surface area contributed by atoms with Crippen molar-refractivity contribution in [2.45, 2.75) is 24.9 Å². The van der Waals surface area contributed by atoms with E-state index in [1.165, 1.54) is 5.56 Å². The van der Waals surface area contributed by atoms with Crippen molar-refractivity contribution in [3.63, 3.8) is 0 Å². The highest BCUT2D eigenvalue weighted by Crippen LogP contribution is 2.43. The van der Waals surface area contributed by atoms with Crippen LogP contribution in [0.25, 0.3) is 0 Å². The molecular formula is C14H18N2O. The summed E-state index contributed by atoms with van der Waals surface area (Å²) in [6.07, 6.45) is 0. The van der Waals surface area contributed by atoms with Gasteiger partial charge in [0, 0.05) is 38.0 Å². The van der Waals surface area contributed by atoms with Gasteiger partial charge in [-0.05, 0) is 12.6 Å². The van der Waals surface area contributed by atoms with Gasteiger partial charge in [0.15, 0.2) is 0 Å². The number of piperazine rings is 1. The summed E-state index contributed by atoms with van der Waals surface area (Å²) < 4.78 is 0. The first-order valence-corrected chi connectivity index (χ1v) is 6.21. The molecule has 3 heterocycles. The molecule has 3 atom stereocenters. The number of carbonyl (C=O) groups is 1. The summed E-state index contributed by atoms with van der Waals surface area (Å²) in [5.41, 5.74) is 1.42. The van der Waals surface area contributed by atoms with Gasteiger partial charge in [-0.1, -0.05) is 30.3 Å². The zero-order chi connectivity index (χ0) is 12.0. The molecule has 0 spiro atoms. The lowest BCUT2D eigenvalue weighted by Crippen LogP contribution is -2.72. The Kier molecular flexibility index (Phi) is 2.44. The minimum absolute atomic E-state index is 0.208. The van der Waals surface area contributed by atoms with Crippen molar-refractivity contribution in [3.8, 4) is 0 Å². The van der Waals surface area contributed by atoms with Crippen molar-refractivity contribution in [2.75, 3.05) is 20.1 Å². The molecule has 4 rings (SSSR count). The molecule has 1 aromatic carbocycles. The maximum atomic E-state index is 11.4. The fourth-order valence-corrected chi connectivity index (χ4v) is 3.30. The van der Waals surface area contributed by atoms with Crippen LogP contribution >= 0.6 is 0 Å². The van der Waals surface area contributed by atoms with E-state index in [0.717, 1.165) is 13.1 Å². The number of hydrogen-bond acceptors (Lipinski definition) is 2. The number of piperidine rings is 1. The van der Waals surface area contributed by atoms with Crippen LogP contribution in [-0.2, 0) is 4.79 Å². The highest BCUT2D eigenvalue weighted by atomic mass is 16.2. The van der Waals surface area contributed by atoms with Crippen molar-refractivity contribution in [3.05, 3.63) is 35.9 Å². The highest BCUT2D eigenvalue weighted by Gasteiger charge is 2.52. The first-order chi connectivity index (χ1) is 8.18. The van der Waals surface area contributed by atoms with Crippen LogP contribution in [-0.4, -0.2) is 47.9 Å². The summed E-state index contributed by atoms with van der Waals surface area (Å²) in [6, 6.07) is 11.7. The van der Waals surface area contributed by atoms with Gasteiger partial charge in [0.2, 0.25) is 5.91 Å². The van der Waals surface area contributed by atoms with Crippen LogP contribution in [0.2, 0.25) is 0 Å². The number of fused-ring (bicyclic) bond motifs is 2. The lowest BCUT2D eigenvalue weighted by molar-refractivity contribution is -0.142. The summed E-state index contributed by atoms with van der Waals surface area (Å²) in [6.45, 7) is 3.42. The Balaban J connectivity index is 1.81. The van der Waals surface area contributed by atoms with Gasteiger partial charge in [-0.15, -0.1) is 0 Å². The van der Waals surface area contributed by atoms with Gasteiger partial charge < -0.3 is 4.90 Å². The molecule has 3 heteroatoms. The predicted octanol–water partition coefficient (Wildman–Crippen LogP) is 1.31. The van der Waals surface area contributed by atoms with Gasteiger partial charge in [0.1, 0.15) is 0 Å². The molecule has 3 aliphatic heterocycles. The van der Waals surface area contributed by atoms with Crippen LogP contribution in [0.15, 0.2) is 30.3 Å². The third-order valence-corrected chi connectivity index (χ3v) is 4.32. The summed E-state index contributed by atoms with van der Waals surface area (Å²) >= 11 is 0. The van der Waals surface area contributed by atoms with E-state index in [9.17, 15) is 4.79 Å². The Morgan fingerprint density at radius 1 is 1.18 bits per heavy atom. The first kappa shape index (κ1) is 10.8. The summed E-state index contributed by atoms with van der Waals surface area (Å²) in [7, 11) is 2.17. The van der Waals surface area contributed by atoms with Crippen molar-refractivity contribution in [1.29, 1.82) is 0 Å². The first-order valence-electron chi connectivity index (χ1n) is 6.21. The summed E-state index contributed by atoms with van der Waals surface area (Å²) in [4.78, 5) is 15.8. The second-order valence-corrected chi connectivity index (χ2v) is 5.16. The van der Waals surface area contributed by atoms with Gasteiger partial charge in [0.05, 0.1) is 0 Å². The van der Waals surface area contributed by atoms with E-state index in [1.807, 2.05) is 4.90 Å². The molecule has 1 aromatic rings. The summed E-state index contributed by atoms with van der Waals surface area (Å²) in [5.74, 6) is 0.816. The van der Waals surface area contributed by atoms with E-state index >= 15 is 0 Å². The Labute approximate surface area is 102 Å². The maximum Gasteiger partial charge on any atom is 0.219 e. The molecule has 0 radical (unpaired) electrons. The fraction of sp³-hybridized carbons (Fsp3) is 0.500. The number of amides is 1. The standard InChI is InChI=1S/C14H18N2O/c1-10(17)16-8-12-14(13(9-16)15(12)2)11-6-4-3-5-7-11/h3-7,12-14H,8-9H2,1-2H3/t12-,13+,14?. The Hall–Kier alpha value is -1.35. The van der Waals surface area contributed by atoms with E-state index in [-0.39, 0.29) is 5.91 Å². The predicted molar refractivity (Wildman–Crippen MR) is 66.8 cm³/mol. The number of carbonyl (C=O) groups excluding carboxylic acids is 1. The highest BCUT2D eigenvalue weighted by molar-refractivity contribution is 5.73. The molecule has 0 aromatic heterocycles. The number of benzene rings is 1. The van der Waals surface area contributed by atoms with Gasteiger partial charge in [-0.25, -0.2) is 0 Å². The molecule has 17 heavy (non-hydrogen) atoms. The van der Waals surface area contributed by atoms with Gasteiger partial charge in [-0.3, -0.25) is 9.69 Å². The van der Waals surface area contributed by atoms with Gasteiger partial charge in [-0.2, -0.15) is 0 Å². The molecule has 3 fully saturated rings. The van der Waals surface area contributed by atoms with Crippen LogP contribution in [0.3, 0.4) is 0 Å². The average molecular weight is 230 g/mol. The number of rotatable bonds is 1. The van der Waals surface area contributed by atoms with Crippen LogP contribution < -0.4 is 0 Å². The number of hydrogen-bond donors (Lipinski definition) is 0. The third kappa shape index (κ3) is 1.57. The SMILES string of the molecule is CC(=O)N1C[C@@H]2C(c3ccccc3)[C@H](C1)N2C. The minimum Gasteiger partial charge on any atom is -0.340 e. The molecule has 3 saturated heterocycles. The molecular weight excluding hydrogens is 212 g/mol. The molecule has 0 aliphatic carbocycles. The normalized spacial score (nSPS) is 32.1. The van der Waals surface area contributed by atoms with Crippen molar-refractivity contribution in [2.24, 2.45) is 0 Å². The van der Waals surface area contributed by atoms with E-state index in [1.54, 1.807) is 6.92 Å². The Morgan fingerprint density at radius 2 is 1.76 bits per heavy atom. The summed E-state index contributed by atoms with van der Waals surface area (Å²) in [5, 5.41) is 0. The average Bonchev–Trinajstić information content (AvgIpc) is 2.38. The molecule has 1 amide bonds. The topological polar surface area (TPSA) is 23.6 Å². The largest absolute Gasteiger partial charge is 0.340 e. The van der Waals surface area contributed by atoms with Crippen molar-refractivity contribution in [1.82, 2.24) is 9.80 Å². The van der Waals surface area contributed by atoms with Gasteiger partial charge >= 0.3 is 0 Å². The monoisotopic (exact) mass is 230 g/mol. The van der Waals surface area contributed by atoms with Crippen LogP contribution in [0.4, 0.5) is 0 Å². The molecule has 0 saturated carbocycles. The third-order valence-electron chi connectivity index (χ3n) is 4.32. The van der Waals surface area contributed by atoms with E-state index < -0.39 is 0 Å². The zero-order valence-electron chi connectivity index (χ0n) is 10.3. The molecule has 1 unspecified atom stereocenters. The lowest BCUT2D eigenvalue weighted by atomic mass is 9.72. The second-order valence-electron chi connectivity index (χ2n) is 5.16. The number of nitrogens with zero attached hydrogens (tertiary/aromatic N) is 2. The van der Waals surface area contributed by atoms with E-state index in [4.69, 9.17) is 0 Å². The van der Waals surface area contributed by atoms with Gasteiger partial charge in [0.25, 0.3) is 0 Å². The molecule has 3 aliphatic rings. The quantitative estimate of drug-likeness (QED) is 0.726. The Morgan fingerprint density at radius 3 is 2.29 bits per heavy atom. The van der Waals surface area contributed by atoms with Crippen molar-refractivity contribution >= 4 is 5.91 Å². The van der Waals surface area contributed by atoms with Crippen LogP contribution in [0.1, 0.15) is 18.4 Å². The van der Waals surface area contributed by atoms with Crippen LogP contribution in [0, 0.1) is 0 Å². The van der Waals surface area contributed by atoms with E-state index in [0.29, 0.717) is 18.0 Å². The number of likely N-dealkylation sites (N-methyl/N-ethyl adjacent to an activating group) is 1. The van der Waals surface area contributed by atoms with Crippen LogP contribution in [0.5, 0.6) is 0 Å². The van der Waals surface area contributed by atoms with Crippen molar-refractivity contribution < 1.29 is 4.79 Å². The lowest BCUT2D eigenvalue weighted by Gasteiger charge is -2.60. The molecule has 2 bridgehead atoms. The van der Waals surface area contributed by atoms with E-state index in [2.05, 4.69) is 42.3 Å². The zero-order valence-corrected chi connectivity index (χ0v) is 10.3. The maximum absolute atomic E-state index is 11.4. The minimum atomic E-state index is 0.208. The molecule has 90 valence electrons. The fourth-order valence-electron chi connectivity index (χ4n) is 3.30. The molecule has 0 N–H and O–H groups in total. The molecule has 3 nitrogen and oxygen atoms in total. The second kappa shape index (κ2) is 3.84. The smallest absolute Gasteiger partial charge is 0.219 e.